The molecule has 0 heterocycles. The summed E-state index contributed by atoms with van der Waals surface area (Å²) in [6, 6.07) is 17.6. The van der Waals surface area contributed by atoms with Crippen LogP contribution in [0.25, 0.3) is 33.4 Å². The molecule has 0 fully saturated rings. The summed E-state index contributed by atoms with van der Waals surface area (Å²) < 4.78 is 57.0. The number of anilines is 1. The molecule has 33 heavy (non-hydrogen) atoms. The van der Waals surface area contributed by atoms with Gasteiger partial charge in [0.05, 0.1) is 6.85 Å². The van der Waals surface area contributed by atoms with Crippen LogP contribution in [0.15, 0.2) is 90.9 Å². The fourth-order valence-corrected chi connectivity index (χ4v) is 4.05. The molecule has 4 rings (SSSR count). The van der Waals surface area contributed by atoms with E-state index in [2.05, 4.69) is 32.9 Å². The van der Waals surface area contributed by atoms with Crippen molar-refractivity contribution >= 4 is 5.69 Å². The van der Waals surface area contributed by atoms with Crippen molar-refractivity contribution in [2.75, 3.05) is 5.73 Å². The zero-order valence-corrected chi connectivity index (χ0v) is 19.8. The molecular weight excluding hydrogens is 398 g/mol. The van der Waals surface area contributed by atoms with Crippen LogP contribution in [0.1, 0.15) is 62.2 Å². The first-order valence-electron chi connectivity index (χ1n) is 15.0. The molecule has 0 aliphatic heterocycles. The molecule has 0 aliphatic rings. The highest BCUT2D eigenvalue weighted by Gasteiger charge is 2.23. The number of hydrogen-bond donors (Lipinski definition) is 1. The third kappa shape index (κ3) is 4.73. The summed E-state index contributed by atoms with van der Waals surface area (Å²) in [6.45, 7) is 8.49. The summed E-state index contributed by atoms with van der Waals surface area (Å²) in [6.07, 6.45) is 0. The minimum absolute atomic E-state index is 0.0502. The Morgan fingerprint density at radius 2 is 1.27 bits per heavy atom. The molecule has 0 bridgehead atoms. The molecule has 4 aromatic carbocycles. The molecule has 0 aromatic heterocycles. The smallest absolute Gasteiger partial charge is 0.0629 e. The van der Waals surface area contributed by atoms with Gasteiger partial charge in [0.15, 0.2) is 0 Å². The zero-order valence-electron chi connectivity index (χ0n) is 26.8. The molecule has 0 spiro atoms. The van der Waals surface area contributed by atoms with E-state index in [-0.39, 0.29) is 48.9 Å². The fraction of sp³-hybridized carbons (Fsp3) is 0.250. The number of nitrogen functional groups attached to an aromatic ring is 1. The van der Waals surface area contributed by atoms with E-state index in [1.165, 1.54) is 0 Å². The van der Waals surface area contributed by atoms with E-state index < -0.39 is 11.5 Å². The topological polar surface area (TPSA) is 26.0 Å². The van der Waals surface area contributed by atoms with E-state index in [1.54, 1.807) is 12.1 Å². The van der Waals surface area contributed by atoms with Crippen LogP contribution >= 0.6 is 0 Å². The van der Waals surface area contributed by atoms with Gasteiger partial charge in [0.2, 0.25) is 0 Å². The fourth-order valence-electron chi connectivity index (χ4n) is 4.05. The highest BCUT2D eigenvalue weighted by molar-refractivity contribution is 5.91. The maximum atomic E-state index is 8.33. The average Bonchev–Trinajstić information content (AvgIpc) is 2.95. The largest absolute Gasteiger partial charge is 0.398 e. The minimum Gasteiger partial charge on any atom is -0.398 e. The lowest BCUT2D eigenvalue weighted by Crippen LogP contribution is -2.15. The maximum Gasteiger partial charge on any atom is 0.0629 e. The van der Waals surface area contributed by atoms with E-state index in [1.807, 2.05) is 43.3 Å². The van der Waals surface area contributed by atoms with Crippen LogP contribution in [0.2, 0.25) is 0 Å². The van der Waals surface area contributed by atoms with Crippen LogP contribution in [0.3, 0.4) is 0 Å². The quantitative estimate of drug-likeness (QED) is 0.316. The van der Waals surface area contributed by atoms with Crippen LogP contribution in [-0.4, -0.2) is 0 Å². The van der Waals surface area contributed by atoms with Crippen LogP contribution < -0.4 is 5.73 Å². The molecule has 1 heteroatoms. The maximum absolute atomic E-state index is 8.33. The Morgan fingerprint density at radius 3 is 1.91 bits per heavy atom. The van der Waals surface area contributed by atoms with E-state index in [0.717, 1.165) is 33.4 Å². The van der Waals surface area contributed by atoms with Gasteiger partial charge in [0.1, 0.15) is 0 Å². The highest BCUT2D eigenvalue weighted by Crippen LogP contribution is 2.42. The Morgan fingerprint density at radius 1 is 0.667 bits per heavy atom. The lowest BCUT2D eigenvalue weighted by atomic mass is 9.78. The second-order valence-corrected chi connectivity index (χ2v) is 9.92. The SMILES string of the molecule is [2H]CC(C)(C[2H])c1cc(-c2ccc(-c3c([2H])c([2H])c([2H])c([2H])c3[2H])cc2)c(N)c(-c2ccccc2C(C)(C)C)c1. The van der Waals surface area contributed by atoms with E-state index in [4.69, 9.17) is 15.3 Å². The van der Waals surface area contributed by atoms with E-state index in [0.29, 0.717) is 11.3 Å². The van der Waals surface area contributed by atoms with Crippen molar-refractivity contribution in [1.29, 1.82) is 0 Å². The molecule has 0 saturated carbocycles. The van der Waals surface area contributed by atoms with Crippen LogP contribution in [-0.2, 0) is 10.8 Å². The molecule has 0 saturated heterocycles. The van der Waals surface area contributed by atoms with Gasteiger partial charge in [-0.25, -0.2) is 0 Å². The second-order valence-electron chi connectivity index (χ2n) is 9.92. The monoisotopic (exact) mass is 440 g/mol. The van der Waals surface area contributed by atoms with Crippen molar-refractivity contribution < 1.29 is 9.60 Å². The third-order valence-corrected chi connectivity index (χ3v) is 5.89. The van der Waals surface area contributed by atoms with Gasteiger partial charge in [-0.3, -0.25) is 0 Å². The Kier molecular flexibility index (Phi) is 4.02. The molecule has 0 aliphatic carbocycles. The van der Waals surface area contributed by atoms with Crippen molar-refractivity contribution in [3.63, 3.8) is 0 Å². The van der Waals surface area contributed by atoms with Crippen molar-refractivity contribution in [2.45, 2.75) is 52.3 Å². The first kappa shape index (κ1) is 15.5. The standard InChI is InChI=1S/C32H35N/c1-31(2,3)25-20-27(24-18-16-23(17-19-24)22-12-8-7-9-13-22)30(33)28(21-25)26-14-10-11-15-29(26)32(4,5)6/h7-21H,33H2,1-6H3/i1D,2D,7D,8D,9D,12D,13D. The van der Waals surface area contributed by atoms with Crippen molar-refractivity contribution in [1.82, 2.24) is 0 Å². The lowest BCUT2D eigenvalue weighted by Gasteiger charge is -2.27. The Hall–Kier alpha value is -3.32. The molecular formula is C32H35N. The second kappa shape index (κ2) is 8.56. The number of nitrogens with two attached hydrogens (primary N) is 1. The van der Waals surface area contributed by atoms with Gasteiger partial charge in [-0.1, -0.05) is 120 Å². The molecule has 0 amide bonds. The van der Waals surface area contributed by atoms with Crippen molar-refractivity contribution in [2.24, 2.45) is 0 Å². The zero-order chi connectivity index (χ0) is 29.6. The first-order chi connectivity index (χ1) is 18.7. The van der Waals surface area contributed by atoms with E-state index >= 15 is 0 Å². The van der Waals surface area contributed by atoms with Crippen LogP contribution in [0, 0.1) is 0 Å². The predicted octanol–water partition coefficient (Wildman–Crippen LogP) is 8.86. The van der Waals surface area contributed by atoms with Gasteiger partial charge in [0, 0.05) is 19.6 Å². The third-order valence-electron chi connectivity index (χ3n) is 5.89. The summed E-state index contributed by atoms with van der Waals surface area (Å²) in [4.78, 5) is 0. The summed E-state index contributed by atoms with van der Waals surface area (Å²) in [5, 5.41) is 0. The molecule has 0 radical (unpaired) electrons. The van der Waals surface area contributed by atoms with Crippen molar-refractivity contribution in [3.05, 3.63) is 102 Å². The molecule has 0 unspecified atom stereocenters. The minimum atomic E-state index is -0.693. The van der Waals surface area contributed by atoms with Gasteiger partial charge in [0.25, 0.3) is 0 Å². The Balaban J connectivity index is 1.96. The number of benzene rings is 4. The first-order valence-corrected chi connectivity index (χ1v) is 11.0. The lowest BCUT2D eigenvalue weighted by molar-refractivity contribution is 0.589. The Bertz CT molecular complexity index is 1540. The molecule has 0 atom stereocenters. The summed E-state index contributed by atoms with van der Waals surface area (Å²) in [7, 11) is 0. The summed E-state index contributed by atoms with van der Waals surface area (Å²) in [5.41, 5.74) is 12.7. The number of rotatable bonds is 3. The van der Waals surface area contributed by atoms with Gasteiger partial charge in [-0.05, 0) is 56.3 Å². The van der Waals surface area contributed by atoms with Crippen LogP contribution in [0.4, 0.5) is 5.69 Å². The normalized spacial score (nSPS) is 15.0. The van der Waals surface area contributed by atoms with E-state index in [9.17, 15) is 0 Å². The average molecular weight is 441 g/mol. The van der Waals surface area contributed by atoms with Gasteiger partial charge < -0.3 is 5.73 Å². The predicted molar refractivity (Wildman–Crippen MR) is 145 cm³/mol. The highest BCUT2D eigenvalue weighted by atomic mass is 14.6. The van der Waals surface area contributed by atoms with Gasteiger partial charge >= 0.3 is 0 Å². The van der Waals surface area contributed by atoms with Gasteiger partial charge in [-0.2, -0.15) is 0 Å². The van der Waals surface area contributed by atoms with Crippen molar-refractivity contribution in [3.8, 4) is 33.4 Å². The number of hydrogen-bond acceptors (Lipinski definition) is 1. The summed E-state index contributed by atoms with van der Waals surface area (Å²) >= 11 is 0. The van der Waals surface area contributed by atoms with Gasteiger partial charge in [-0.15, -0.1) is 0 Å². The molecule has 1 nitrogen and oxygen atoms in total. The molecule has 4 aromatic rings. The molecule has 2 N–H and O–H groups in total. The Labute approximate surface area is 209 Å². The summed E-state index contributed by atoms with van der Waals surface area (Å²) in [5.74, 6) is 0. The molecule has 168 valence electrons. The van der Waals surface area contributed by atoms with Crippen LogP contribution in [0.5, 0.6) is 0 Å².